The first-order chi connectivity index (χ1) is 16.7. The van der Waals surface area contributed by atoms with Gasteiger partial charge in [0.1, 0.15) is 11.2 Å². The summed E-state index contributed by atoms with van der Waals surface area (Å²) in [5.74, 6) is 0.661. The van der Waals surface area contributed by atoms with E-state index in [1.807, 2.05) is 42.2 Å². The molecule has 3 N–H and O–H groups in total. The maximum absolute atomic E-state index is 4.75. The van der Waals surface area contributed by atoms with E-state index < -0.39 is 0 Å². The standard InChI is InChI=1S/C25H23N9/c1-3-26-10-16-8-18(12-27-11-16)17-4-5-20-19(9-17)22(33-32-20)25-30-23-21(6-7-28-24(23)31-25)34-13-15(2)29-14-34/h4-9,11-14,26H,3,10H2,1-2H3,(H,32,33)(H,28,30,31). The Morgan fingerprint density at radius 2 is 2.00 bits per heavy atom. The Bertz CT molecular complexity index is 1620. The van der Waals surface area contributed by atoms with Gasteiger partial charge in [0.15, 0.2) is 11.5 Å². The smallest absolute Gasteiger partial charge is 0.180 e. The van der Waals surface area contributed by atoms with Gasteiger partial charge in [-0.25, -0.2) is 15.0 Å². The molecule has 0 unspecified atom stereocenters. The number of hydrogen-bond donors (Lipinski definition) is 3. The Balaban J connectivity index is 1.44. The number of rotatable bonds is 6. The molecule has 0 aliphatic carbocycles. The molecule has 0 bridgehead atoms. The lowest BCUT2D eigenvalue weighted by atomic mass is 10.0. The van der Waals surface area contributed by atoms with Gasteiger partial charge in [0.25, 0.3) is 0 Å². The van der Waals surface area contributed by atoms with Gasteiger partial charge in [-0.3, -0.25) is 10.1 Å². The van der Waals surface area contributed by atoms with Crippen LogP contribution in [0.15, 0.2) is 61.4 Å². The zero-order chi connectivity index (χ0) is 23.1. The van der Waals surface area contributed by atoms with Crippen LogP contribution < -0.4 is 5.32 Å². The Kier molecular flexibility index (Phi) is 4.88. The number of nitrogens with one attached hydrogen (secondary N) is 3. The molecule has 34 heavy (non-hydrogen) atoms. The van der Waals surface area contributed by atoms with Gasteiger partial charge in [0.2, 0.25) is 0 Å². The highest BCUT2D eigenvalue weighted by Gasteiger charge is 2.16. The second-order valence-electron chi connectivity index (χ2n) is 8.23. The number of hydrogen-bond acceptors (Lipinski definition) is 6. The highest BCUT2D eigenvalue weighted by Crippen LogP contribution is 2.31. The molecule has 6 aromatic rings. The van der Waals surface area contributed by atoms with Gasteiger partial charge in [-0.15, -0.1) is 0 Å². The van der Waals surface area contributed by atoms with E-state index in [0.717, 1.165) is 63.3 Å². The quantitative estimate of drug-likeness (QED) is 0.352. The molecule has 9 nitrogen and oxygen atoms in total. The molecule has 0 radical (unpaired) electrons. The summed E-state index contributed by atoms with van der Waals surface area (Å²) in [6.07, 6.45) is 9.31. The number of aromatic nitrogens is 8. The molecular formula is C25H23N9. The second-order valence-corrected chi connectivity index (χ2v) is 8.23. The number of fused-ring (bicyclic) bond motifs is 2. The minimum atomic E-state index is 0.631. The maximum Gasteiger partial charge on any atom is 0.180 e. The highest BCUT2D eigenvalue weighted by molar-refractivity contribution is 5.96. The monoisotopic (exact) mass is 449 g/mol. The molecule has 0 fully saturated rings. The molecule has 0 amide bonds. The summed E-state index contributed by atoms with van der Waals surface area (Å²) in [6, 6.07) is 10.4. The fourth-order valence-corrected chi connectivity index (χ4v) is 4.16. The topological polar surface area (TPSA) is 113 Å². The van der Waals surface area contributed by atoms with Gasteiger partial charge in [0.05, 0.1) is 23.2 Å². The van der Waals surface area contributed by atoms with Crippen molar-refractivity contribution in [1.82, 2.24) is 45.0 Å². The third kappa shape index (κ3) is 3.52. The maximum atomic E-state index is 4.75. The van der Waals surface area contributed by atoms with Crippen molar-refractivity contribution >= 4 is 22.1 Å². The fraction of sp³-hybridized carbons (Fsp3) is 0.160. The zero-order valence-electron chi connectivity index (χ0n) is 18.9. The van der Waals surface area contributed by atoms with E-state index in [1.54, 1.807) is 12.5 Å². The normalized spacial score (nSPS) is 11.6. The molecule has 0 saturated carbocycles. The molecule has 1 aromatic carbocycles. The van der Waals surface area contributed by atoms with Crippen LogP contribution in [0.5, 0.6) is 0 Å². The van der Waals surface area contributed by atoms with Crippen molar-refractivity contribution in [1.29, 1.82) is 0 Å². The molecular weight excluding hydrogens is 426 g/mol. The van der Waals surface area contributed by atoms with Gasteiger partial charge in [-0.1, -0.05) is 13.0 Å². The molecule has 0 saturated heterocycles. The molecule has 0 spiro atoms. The van der Waals surface area contributed by atoms with E-state index >= 15 is 0 Å². The summed E-state index contributed by atoms with van der Waals surface area (Å²) in [6.45, 7) is 5.77. The first kappa shape index (κ1) is 20.3. The van der Waals surface area contributed by atoms with E-state index in [9.17, 15) is 0 Å². The van der Waals surface area contributed by atoms with Crippen LogP contribution in [-0.2, 0) is 6.54 Å². The molecule has 168 valence electrons. The summed E-state index contributed by atoms with van der Waals surface area (Å²) in [4.78, 5) is 21.4. The van der Waals surface area contributed by atoms with Crippen LogP contribution in [0.1, 0.15) is 18.2 Å². The number of benzene rings is 1. The van der Waals surface area contributed by atoms with Crippen molar-refractivity contribution in [2.75, 3.05) is 6.54 Å². The van der Waals surface area contributed by atoms with Crippen LogP contribution in [0, 0.1) is 6.92 Å². The molecule has 5 aromatic heterocycles. The van der Waals surface area contributed by atoms with Gasteiger partial charge in [0, 0.05) is 42.3 Å². The van der Waals surface area contributed by atoms with Crippen LogP contribution in [0.2, 0.25) is 0 Å². The SMILES string of the molecule is CCNCc1cncc(-c2ccc3[nH]nc(-c4nc5nccc(-n6cnc(C)c6)c5[nH]4)c3c2)c1. The lowest BCUT2D eigenvalue weighted by Crippen LogP contribution is -2.11. The predicted molar refractivity (Wildman–Crippen MR) is 131 cm³/mol. The highest BCUT2D eigenvalue weighted by atomic mass is 15.1. The van der Waals surface area contributed by atoms with E-state index in [0.29, 0.717) is 11.5 Å². The lowest BCUT2D eigenvalue weighted by molar-refractivity contribution is 0.724. The van der Waals surface area contributed by atoms with E-state index in [2.05, 4.69) is 60.6 Å². The second kappa shape index (κ2) is 8.20. The molecule has 9 heteroatoms. The van der Waals surface area contributed by atoms with Crippen molar-refractivity contribution in [2.24, 2.45) is 0 Å². The van der Waals surface area contributed by atoms with Gasteiger partial charge < -0.3 is 14.9 Å². The van der Waals surface area contributed by atoms with Crippen molar-refractivity contribution in [2.45, 2.75) is 20.4 Å². The first-order valence-corrected chi connectivity index (χ1v) is 11.2. The van der Waals surface area contributed by atoms with Gasteiger partial charge >= 0.3 is 0 Å². The average Bonchev–Trinajstić information content (AvgIpc) is 3.59. The molecule has 0 aliphatic heterocycles. The summed E-state index contributed by atoms with van der Waals surface area (Å²) in [5, 5.41) is 12.0. The van der Waals surface area contributed by atoms with Crippen LogP contribution >= 0.6 is 0 Å². The zero-order valence-corrected chi connectivity index (χ0v) is 18.9. The minimum Gasteiger partial charge on any atom is -0.333 e. The van der Waals surface area contributed by atoms with E-state index in [4.69, 9.17) is 4.98 Å². The number of aromatic amines is 2. The molecule has 6 rings (SSSR count). The summed E-state index contributed by atoms with van der Waals surface area (Å²) < 4.78 is 1.97. The summed E-state index contributed by atoms with van der Waals surface area (Å²) in [7, 11) is 0. The van der Waals surface area contributed by atoms with Crippen LogP contribution in [-0.4, -0.2) is 46.2 Å². The molecule has 0 atom stereocenters. The Morgan fingerprint density at radius 3 is 2.85 bits per heavy atom. The lowest BCUT2D eigenvalue weighted by Gasteiger charge is -2.06. The first-order valence-electron chi connectivity index (χ1n) is 11.2. The van der Waals surface area contributed by atoms with Crippen molar-refractivity contribution in [3.05, 3.63) is 72.7 Å². The van der Waals surface area contributed by atoms with Crippen LogP contribution in [0.3, 0.4) is 0 Å². The Morgan fingerprint density at radius 1 is 1.06 bits per heavy atom. The Labute approximate surface area is 195 Å². The third-order valence-electron chi connectivity index (χ3n) is 5.85. The third-order valence-corrected chi connectivity index (χ3v) is 5.85. The van der Waals surface area contributed by atoms with E-state index in [1.165, 1.54) is 0 Å². The Hall–Kier alpha value is -4.37. The van der Waals surface area contributed by atoms with Gasteiger partial charge in [-0.2, -0.15) is 5.10 Å². The average molecular weight is 450 g/mol. The molecule has 5 heterocycles. The van der Waals surface area contributed by atoms with Crippen molar-refractivity contribution in [3.63, 3.8) is 0 Å². The number of imidazole rings is 2. The largest absolute Gasteiger partial charge is 0.333 e. The minimum absolute atomic E-state index is 0.631. The summed E-state index contributed by atoms with van der Waals surface area (Å²) in [5.41, 5.74) is 8.33. The van der Waals surface area contributed by atoms with Crippen LogP contribution in [0.4, 0.5) is 0 Å². The fourth-order valence-electron chi connectivity index (χ4n) is 4.16. The predicted octanol–water partition coefficient (Wildman–Crippen LogP) is 4.17. The number of H-pyrrole nitrogens is 2. The number of aryl methyl sites for hydroxylation is 1. The van der Waals surface area contributed by atoms with Gasteiger partial charge in [-0.05, 0) is 48.9 Å². The number of nitrogens with zero attached hydrogens (tertiary/aromatic N) is 6. The molecule has 0 aliphatic rings. The van der Waals surface area contributed by atoms with E-state index in [-0.39, 0.29) is 0 Å². The van der Waals surface area contributed by atoms with Crippen molar-refractivity contribution < 1.29 is 0 Å². The number of pyridine rings is 2. The van der Waals surface area contributed by atoms with Crippen LogP contribution in [0.25, 0.3) is 50.4 Å². The summed E-state index contributed by atoms with van der Waals surface area (Å²) >= 11 is 0. The van der Waals surface area contributed by atoms with Crippen molar-refractivity contribution in [3.8, 4) is 28.3 Å².